The number of urea groups is 1. The van der Waals surface area contributed by atoms with E-state index in [-0.39, 0.29) is 28.9 Å². The fourth-order valence-electron chi connectivity index (χ4n) is 6.09. The van der Waals surface area contributed by atoms with Gasteiger partial charge in [-0.05, 0) is 67.1 Å². The number of nitrogens with two attached hydrogens (primary N) is 1. The summed E-state index contributed by atoms with van der Waals surface area (Å²) in [4.78, 5) is 42.5. The van der Waals surface area contributed by atoms with Crippen molar-refractivity contribution in [2.45, 2.75) is 18.9 Å². The van der Waals surface area contributed by atoms with Crippen molar-refractivity contribution in [3.63, 3.8) is 0 Å². The number of carbonyl (C=O) groups is 2. The SMILES string of the molecule is CN(C(=O)Nc1cc(Oc2cc(F)c(-c3ccn(-c4ccc(F)cc4)c(=O)c3C(N)=O)cc2F)ccn1)N1C[C@H]2CC(O)C[C@H]2C1. The third-order valence-corrected chi connectivity index (χ3v) is 8.37. The Bertz CT molecular complexity index is 1870. The first-order valence-electron chi connectivity index (χ1n) is 14.4. The van der Waals surface area contributed by atoms with E-state index in [1.165, 1.54) is 47.7 Å². The molecule has 2 fully saturated rings. The molecular formula is C32H29F3N6O5. The van der Waals surface area contributed by atoms with Crippen LogP contribution in [0.5, 0.6) is 11.5 Å². The molecule has 1 unspecified atom stereocenters. The van der Waals surface area contributed by atoms with Crippen LogP contribution in [0.3, 0.4) is 0 Å². The lowest BCUT2D eigenvalue weighted by Crippen LogP contribution is -2.45. The van der Waals surface area contributed by atoms with Crippen LogP contribution in [0.25, 0.3) is 16.8 Å². The molecule has 46 heavy (non-hydrogen) atoms. The second kappa shape index (κ2) is 12.3. The van der Waals surface area contributed by atoms with Gasteiger partial charge in [0.25, 0.3) is 11.5 Å². The maximum atomic E-state index is 15.4. The fourth-order valence-corrected chi connectivity index (χ4v) is 6.09. The summed E-state index contributed by atoms with van der Waals surface area (Å²) < 4.78 is 50.7. The van der Waals surface area contributed by atoms with Gasteiger partial charge in [-0.1, -0.05) is 0 Å². The van der Waals surface area contributed by atoms with Crippen molar-refractivity contribution in [3.8, 4) is 28.3 Å². The van der Waals surface area contributed by atoms with Gasteiger partial charge in [-0.3, -0.25) is 24.5 Å². The van der Waals surface area contributed by atoms with E-state index < -0.39 is 51.8 Å². The van der Waals surface area contributed by atoms with Crippen LogP contribution >= 0.6 is 0 Å². The van der Waals surface area contributed by atoms with Gasteiger partial charge in [-0.25, -0.2) is 28.0 Å². The first-order chi connectivity index (χ1) is 22.0. The second-order valence-electron chi connectivity index (χ2n) is 11.3. The molecule has 1 aliphatic carbocycles. The van der Waals surface area contributed by atoms with Crippen LogP contribution in [0.2, 0.25) is 0 Å². The first kappa shape index (κ1) is 30.8. The van der Waals surface area contributed by atoms with Crippen molar-refractivity contribution >= 4 is 17.8 Å². The molecule has 2 aromatic carbocycles. The molecule has 0 bridgehead atoms. The van der Waals surface area contributed by atoms with Crippen LogP contribution in [0.15, 0.2) is 71.8 Å². The number of rotatable bonds is 7. The number of benzene rings is 2. The molecule has 1 saturated heterocycles. The molecular weight excluding hydrogens is 605 g/mol. The molecule has 0 radical (unpaired) electrons. The molecule has 1 saturated carbocycles. The Kier molecular flexibility index (Phi) is 8.23. The van der Waals surface area contributed by atoms with E-state index in [2.05, 4.69) is 10.3 Å². The standard InChI is InChI=1S/C32H29F3N6O5/c1-39(40-15-17-10-21(42)11-18(17)16-40)32(45)38-28-12-22(6-8-37-28)46-27-14-25(34)24(13-26(27)35)23-7-9-41(31(44)29(23)30(36)43)20-4-2-19(33)3-5-20/h2-9,12-14,17-18,21,42H,10-11,15-16H2,1H3,(H2,36,43)(H,37,38,45)/t17-,18+,21?. The molecule has 11 nitrogen and oxygen atoms in total. The van der Waals surface area contributed by atoms with Gasteiger partial charge in [0, 0.05) is 61.5 Å². The summed E-state index contributed by atoms with van der Waals surface area (Å²) in [7, 11) is 1.63. The predicted octanol–water partition coefficient (Wildman–Crippen LogP) is 4.29. The van der Waals surface area contributed by atoms with E-state index in [1.54, 1.807) is 7.05 Å². The summed E-state index contributed by atoms with van der Waals surface area (Å²) >= 11 is 0. The van der Waals surface area contributed by atoms with Gasteiger partial charge in [-0.2, -0.15) is 0 Å². The highest BCUT2D eigenvalue weighted by Gasteiger charge is 2.42. The van der Waals surface area contributed by atoms with Crippen LogP contribution < -0.4 is 21.3 Å². The summed E-state index contributed by atoms with van der Waals surface area (Å²) in [5, 5.41) is 15.9. The molecule has 2 aromatic heterocycles. The van der Waals surface area contributed by atoms with Crippen molar-refractivity contribution in [1.82, 2.24) is 19.6 Å². The molecule has 4 N–H and O–H groups in total. The third kappa shape index (κ3) is 6.04. The third-order valence-electron chi connectivity index (χ3n) is 8.37. The number of nitrogens with one attached hydrogen (secondary N) is 1. The van der Waals surface area contributed by atoms with Gasteiger partial charge >= 0.3 is 6.03 Å². The Morgan fingerprint density at radius 3 is 2.37 bits per heavy atom. The van der Waals surface area contributed by atoms with Crippen LogP contribution in [0.1, 0.15) is 23.2 Å². The molecule has 3 atom stereocenters. The summed E-state index contributed by atoms with van der Waals surface area (Å²) in [6.45, 7) is 1.30. The van der Waals surface area contributed by atoms with Crippen molar-refractivity contribution < 1.29 is 32.6 Å². The van der Waals surface area contributed by atoms with Crippen LogP contribution in [0, 0.1) is 29.3 Å². The van der Waals surface area contributed by atoms with Gasteiger partial charge in [0.2, 0.25) is 0 Å². The van der Waals surface area contributed by atoms with Crippen LogP contribution in [-0.2, 0) is 0 Å². The first-order valence-corrected chi connectivity index (χ1v) is 14.4. The Morgan fingerprint density at radius 1 is 1.00 bits per heavy atom. The Hall–Kier alpha value is -5.21. The maximum absolute atomic E-state index is 15.4. The smallest absolute Gasteiger partial charge is 0.337 e. The molecule has 6 rings (SSSR count). The van der Waals surface area contributed by atoms with Crippen molar-refractivity contribution in [2.24, 2.45) is 17.6 Å². The number of anilines is 1. The quantitative estimate of drug-likeness (QED) is 0.275. The summed E-state index contributed by atoms with van der Waals surface area (Å²) in [5.41, 5.74) is 3.56. The van der Waals surface area contributed by atoms with Crippen molar-refractivity contribution in [1.29, 1.82) is 0 Å². The summed E-state index contributed by atoms with van der Waals surface area (Å²) in [6.07, 6.45) is 3.69. The monoisotopic (exact) mass is 634 g/mol. The number of aromatic nitrogens is 2. The molecule has 3 amide bonds. The maximum Gasteiger partial charge on any atom is 0.337 e. The largest absolute Gasteiger partial charge is 0.454 e. The summed E-state index contributed by atoms with van der Waals surface area (Å²) in [6, 6.07) is 9.90. The predicted molar refractivity (Wildman–Crippen MR) is 161 cm³/mol. The lowest BCUT2D eigenvalue weighted by molar-refractivity contribution is 0.0520. The lowest BCUT2D eigenvalue weighted by Gasteiger charge is -2.28. The average molecular weight is 635 g/mol. The highest BCUT2D eigenvalue weighted by Crippen LogP contribution is 2.38. The van der Waals surface area contributed by atoms with E-state index in [4.69, 9.17) is 10.5 Å². The van der Waals surface area contributed by atoms with E-state index >= 15 is 8.78 Å². The van der Waals surface area contributed by atoms with Gasteiger partial charge in [-0.15, -0.1) is 0 Å². The Balaban J connectivity index is 1.20. The minimum Gasteiger partial charge on any atom is -0.454 e. The molecule has 4 aromatic rings. The zero-order valence-electron chi connectivity index (χ0n) is 24.5. The van der Waals surface area contributed by atoms with E-state index in [0.29, 0.717) is 37.8 Å². The minimum absolute atomic E-state index is 0.0448. The fraction of sp³-hybridized carbons (Fsp3) is 0.250. The number of hydrogen-bond acceptors (Lipinski definition) is 7. The number of hydrazine groups is 1. The number of carbonyl (C=O) groups excluding carboxylic acids is 2. The number of hydrogen-bond donors (Lipinski definition) is 3. The van der Waals surface area contributed by atoms with E-state index in [9.17, 15) is 23.9 Å². The molecule has 0 spiro atoms. The number of amides is 3. The molecule has 1 aliphatic heterocycles. The topological polar surface area (TPSA) is 143 Å². The number of aliphatic hydroxyl groups is 1. The highest BCUT2D eigenvalue weighted by atomic mass is 19.1. The number of nitrogens with zero attached hydrogens (tertiary/aromatic N) is 4. The Morgan fingerprint density at radius 2 is 1.70 bits per heavy atom. The number of aliphatic hydroxyl groups excluding tert-OH is 1. The van der Waals surface area contributed by atoms with Gasteiger partial charge in [0.05, 0.1) is 6.10 Å². The van der Waals surface area contributed by atoms with Crippen molar-refractivity contribution in [3.05, 3.63) is 100 Å². The highest BCUT2D eigenvalue weighted by molar-refractivity contribution is 5.99. The van der Waals surface area contributed by atoms with Crippen LogP contribution in [-0.4, -0.2) is 62.9 Å². The number of pyridine rings is 2. The summed E-state index contributed by atoms with van der Waals surface area (Å²) in [5.74, 6) is -3.43. The molecule has 3 heterocycles. The Labute approximate surface area is 260 Å². The normalized spacial score (nSPS) is 19.1. The minimum atomic E-state index is -1.17. The zero-order chi connectivity index (χ0) is 32.7. The van der Waals surface area contributed by atoms with Gasteiger partial charge in [0.1, 0.15) is 28.8 Å². The molecule has 2 aliphatic rings. The molecule has 238 valence electrons. The number of halogens is 3. The number of fused-ring (bicyclic) bond motifs is 1. The molecule has 14 heteroatoms. The van der Waals surface area contributed by atoms with E-state index in [0.717, 1.165) is 28.8 Å². The van der Waals surface area contributed by atoms with Gasteiger partial charge < -0.3 is 15.6 Å². The number of primary amides is 1. The van der Waals surface area contributed by atoms with E-state index in [1.807, 2.05) is 5.01 Å². The lowest BCUT2D eigenvalue weighted by atomic mass is 9.99. The van der Waals surface area contributed by atoms with Gasteiger partial charge in [0.15, 0.2) is 11.6 Å². The zero-order valence-corrected chi connectivity index (χ0v) is 24.5. The second-order valence-corrected chi connectivity index (χ2v) is 11.3. The average Bonchev–Trinajstić information content (AvgIpc) is 3.56. The van der Waals surface area contributed by atoms with Crippen molar-refractivity contribution in [2.75, 3.05) is 25.5 Å². The van der Waals surface area contributed by atoms with Crippen LogP contribution in [0.4, 0.5) is 23.8 Å². The number of ether oxygens (including phenoxy) is 1.